The van der Waals surface area contributed by atoms with Crippen molar-refractivity contribution in [1.29, 1.82) is 0 Å². The molecule has 1 aromatic heterocycles. The van der Waals surface area contributed by atoms with Crippen LogP contribution in [-0.2, 0) is 15.4 Å². The van der Waals surface area contributed by atoms with Crippen molar-refractivity contribution in [2.45, 2.75) is 31.1 Å². The molecule has 164 valence electrons. The van der Waals surface area contributed by atoms with Crippen molar-refractivity contribution < 1.29 is 17.9 Å². The summed E-state index contributed by atoms with van der Waals surface area (Å²) < 4.78 is 35.7. The van der Waals surface area contributed by atoms with Gasteiger partial charge >= 0.3 is 0 Å². The highest BCUT2D eigenvalue weighted by Gasteiger charge is 2.17. The molecule has 0 saturated heterocycles. The van der Waals surface area contributed by atoms with Crippen LogP contribution in [0, 0.1) is 0 Å². The first-order chi connectivity index (χ1) is 14.7. The van der Waals surface area contributed by atoms with E-state index in [4.69, 9.17) is 9.47 Å². The summed E-state index contributed by atoms with van der Waals surface area (Å²) in [7, 11) is -0.669. The second-order valence-electron chi connectivity index (χ2n) is 7.90. The molecule has 0 saturated carbocycles. The third-order valence-corrected chi connectivity index (χ3v) is 5.99. The maximum atomic E-state index is 12.6. The topological polar surface area (TPSA) is 106 Å². The Kier molecular flexibility index (Phi) is 6.35. The minimum atomic E-state index is -3.79. The van der Waals surface area contributed by atoms with Crippen molar-refractivity contribution >= 4 is 16.2 Å². The maximum Gasteiger partial charge on any atom is 0.276 e. The molecule has 3 aromatic rings. The first-order valence-electron chi connectivity index (χ1n) is 9.57. The number of hydrogen-bond acceptors (Lipinski definition) is 6. The fourth-order valence-corrected chi connectivity index (χ4v) is 3.76. The van der Waals surface area contributed by atoms with Gasteiger partial charge in [-0.1, -0.05) is 32.9 Å². The summed E-state index contributed by atoms with van der Waals surface area (Å²) in [6, 6.07) is 12.2. The largest absolute Gasteiger partial charge is 0.493 e. The Labute approximate surface area is 182 Å². The van der Waals surface area contributed by atoms with Crippen LogP contribution in [0.5, 0.6) is 11.5 Å². The Balaban J connectivity index is 1.79. The van der Waals surface area contributed by atoms with Crippen LogP contribution in [-0.4, -0.2) is 39.0 Å². The van der Waals surface area contributed by atoms with Gasteiger partial charge in [-0.15, -0.1) is 0 Å². The number of hydrazone groups is 1. The lowest BCUT2D eigenvalue weighted by Crippen LogP contribution is -2.19. The van der Waals surface area contributed by atoms with Gasteiger partial charge in [0.1, 0.15) is 0 Å². The highest BCUT2D eigenvalue weighted by Crippen LogP contribution is 2.32. The Morgan fingerprint density at radius 3 is 2.32 bits per heavy atom. The molecule has 2 N–H and O–H groups in total. The van der Waals surface area contributed by atoms with Crippen LogP contribution in [0.25, 0.3) is 11.3 Å². The number of methoxy groups -OCH3 is 2. The third-order valence-electron chi connectivity index (χ3n) is 4.75. The van der Waals surface area contributed by atoms with Gasteiger partial charge in [-0.05, 0) is 41.3 Å². The first kappa shape index (κ1) is 22.4. The lowest BCUT2D eigenvalue weighted by Gasteiger charge is -2.19. The molecular weight excluding hydrogens is 416 g/mol. The van der Waals surface area contributed by atoms with Gasteiger partial charge in [0.25, 0.3) is 10.0 Å². The lowest BCUT2D eigenvalue weighted by atomic mass is 9.87. The molecule has 0 amide bonds. The number of ether oxygens (including phenoxy) is 2. The van der Waals surface area contributed by atoms with Crippen molar-refractivity contribution in [3.63, 3.8) is 0 Å². The zero-order valence-corrected chi connectivity index (χ0v) is 18.9. The van der Waals surface area contributed by atoms with Crippen molar-refractivity contribution in [3.8, 4) is 22.8 Å². The smallest absolute Gasteiger partial charge is 0.276 e. The van der Waals surface area contributed by atoms with Crippen molar-refractivity contribution in [2.75, 3.05) is 14.2 Å². The molecule has 0 atom stereocenters. The number of H-pyrrole nitrogens is 1. The zero-order valence-electron chi connectivity index (χ0n) is 18.1. The van der Waals surface area contributed by atoms with E-state index in [9.17, 15) is 8.42 Å². The number of aromatic amines is 1. The van der Waals surface area contributed by atoms with Gasteiger partial charge in [-0.3, -0.25) is 5.10 Å². The molecule has 0 unspecified atom stereocenters. The molecule has 0 spiro atoms. The molecule has 9 heteroatoms. The van der Waals surface area contributed by atoms with E-state index in [0.717, 1.165) is 11.1 Å². The average molecular weight is 443 g/mol. The predicted molar refractivity (Wildman–Crippen MR) is 120 cm³/mol. The summed E-state index contributed by atoms with van der Waals surface area (Å²) in [5.74, 6) is 1.17. The maximum absolute atomic E-state index is 12.6. The predicted octanol–water partition coefficient (Wildman–Crippen LogP) is 3.70. The third kappa shape index (κ3) is 5.05. The van der Waals surface area contributed by atoms with Gasteiger partial charge in [0.05, 0.1) is 37.2 Å². The molecule has 0 fully saturated rings. The van der Waals surface area contributed by atoms with Crippen LogP contribution in [0.4, 0.5) is 0 Å². The zero-order chi connectivity index (χ0) is 22.6. The van der Waals surface area contributed by atoms with Crippen molar-refractivity contribution in [1.82, 2.24) is 15.0 Å². The fourth-order valence-electron chi connectivity index (χ4n) is 2.97. The van der Waals surface area contributed by atoms with Gasteiger partial charge in [-0.2, -0.15) is 18.6 Å². The fraction of sp³-hybridized carbons (Fsp3) is 0.273. The molecule has 8 nitrogen and oxygen atoms in total. The van der Waals surface area contributed by atoms with Crippen molar-refractivity contribution in [3.05, 3.63) is 59.8 Å². The van der Waals surface area contributed by atoms with Gasteiger partial charge in [0.2, 0.25) is 0 Å². The van der Waals surface area contributed by atoms with E-state index in [1.165, 1.54) is 6.21 Å². The van der Waals surface area contributed by atoms with E-state index in [1.807, 2.05) is 18.2 Å². The van der Waals surface area contributed by atoms with E-state index >= 15 is 0 Å². The molecule has 0 bridgehead atoms. The molecule has 0 radical (unpaired) electrons. The van der Waals surface area contributed by atoms with Crippen LogP contribution >= 0.6 is 0 Å². The molecule has 0 aliphatic rings. The van der Waals surface area contributed by atoms with E-state index in [1.54, 1.807) is 44.7 Å². The van der Waals surface area contributed by atoms with Crippen molar-refractivity contribution in [2.24, 2.45) is 5.10 Å². The number of hydrogen-bond donors (Lipinski definition) is 2. The van der Waals surface area contributed by atoms with Crippen LogP contribution < -0.4 is 14.3 Å². The molecule has 0 aliphatic heterocycles. The van der Waals surface area contributed by atoms with E-state index in [0.29, 0.717) is 22.8 Å². The van der Waals surface area contributed by atoms with Gasteiger partial charge < -0.3 is 9.47 Å². The lowest BCUT2D eigenvalue weighted by molar-refractivity contribution is 0.355. The van der Waals surface area contributed by atoms with Crippen LogP contribution in [0.15, 0.2) is 58.7 Å². The number of sulfonamides is 1. The second kappa shape index (κ2) is 8.81. The molecular formula is C22H26N4O4S. The number of nitrogens with zero attached hydrogens (tertiary/aromatic N) is 2. The van der Waals surface area contributed by atoms with E-state index in [2.05, 4.69) is 40.9 Å². The molecule has 1 heterocycles. The van der Waals surface area contributed by atoms with E-state index in [-0.39, 0.29) is 10.3 Å². The molecule has 0 aliphatic carbocycles. The number of aromatic nitrogens is 2. The molecule has 3 rings (SSSR count). The minimum absolute atomic E-state index is 0.0598. The summed E-state index contributed by atoms with van der Waals surface area (Å²) in [5.41, 5.74) is 3.05. The standard InChI is InChI=1S/C22H26N4O4S/c1-22(2,3)17-7-9-18(10-8-17)31(27,28)26-24-14-16-13-23-25-21(16)15-6-11-19(29-4)20(12-15)30-5/h6-14,26H,1-5H3,(H,23,25). The average Bonchev–Trinajstić information content (AvgIpc) is 3.21. The van der Waals surface area contributed by atoms with Gasteiger partial charge in [-0.25, -0.2) is 4.83 Å². The SMILES string of the molecule is COc1ccc(-c2[nH]ncc2C=NNS(=O)(=O)c2ccc(C(C)(C)C)cc2)cc1OC. The van der Waals surface area contributed by atoms with Crippen LogP contribution in [0.1, 0.15) is 31.9 Å². The molecule has 31 heavy (non-hydrogen) atoms. The summed E-state index contributed by atoms with van der Waals surface area (Å²) in [6.07, 6.45) is 2.96. The van der Waals surface area contributed by atoms with E-state index < -0.39 is 10.0 Å². The monoisotopic (exact) mass is 442 g/mol. The summed E-state index contributed by atoms with van der Waals surface area (Å²) >= 11 is 0. The van der Waals surface area contributed by atoms with Crippen LogP contribution in [0.3, 0.4) is 0 Å². The van der Waals surface area contributed by atoms with Gasteiger partial charge in [0, 0.05) is 11.1 Å². The normalized spacial score (nSPS) is 12.2. The quantitative estimate of drug-likeness (QED) is 0.429. The number of rotatable bonds is 7. The number of benzene rings is 2. The number of nitrogens with one attached hydrogen (secondary N) is 2. The molecule has 2 aromatic carbocycles. The Morgan fingerprint density at radius 1 is 1.03 bits per heavy atom. The van der Waals surface area contributed by atoms with Gasteiger partial charge in [0.15, 0.2) is 11.5 Å². The Bertz CT molecular complexity index is 1180. The Morgan fingerprint density at radius 2 is 1.71 bits per heavy atom. The summed E-state index contributed by atoms with van der Waals surface area (Å²) in [4.78, 5) is 2.39. The highest BCUT2D eigenvalue weighted by molar-refractivity contribution is 7.89. The second-order valence-corrected chi connectivity index (χ2v) is 9.56. The first-order valence-corrected chi connectivity index (χ1v) is 11.0. The Hall–Kier alpha value is -3.33. The highest BCUT2D eigenvalue weighted by atomic mass is 32.2. The summed E-state index contributed by atoms with van der Waals surface area (Å²) in [6.45, 7) is 6.21. The summed E-state index contributed by atoms with van der Waals surface area (Å²) in [5, 5.41) is 10.8. The minimum Gasteiger partial charge on any atom is -0.493 e. The van der Waals surface area contributed by atoms with Crippen LogP contribution in [0.2, 0.25) is 0 Å².